The topological polar surface area (TPSA) is 75.6 Å². The van der Waals surface area contributed by atoms with Gasteiger partial charge in [-0.05, 0) is 37.1 Å². The second-order valence-electron chi connectivity index (χ2n) is 5.31. The van der Waals surface area contributed by atoms with Gasteiger partial charge in [-0.1, -0.05) is 5.16 Å². The first-order valence-electron chi connectivity index (χ1n) is 6.90. The predicted octanol–water partition coefficient (Wildman–Crippen LogP) is 0.596. The smallest absolute Gasteiger partial charge is 0.269 e. The fraction of sp³-hybridized carbons (Fsp3) is 0.500. The Balaban J connectivity index is 1.53. The SMILES string of the molecule is O=C(NCc1ccncc1)C1=NOC2(CCCNC2)C1. The van der Waals surface area contributed by atoms with Gasteiger partial charge in [-0.15, -0.1) is 0 Å². The predicted molar refractivity (Wildman–Crippen MR) is 74.1 cm³/mol. The van der Waals surface area contributed by atoms with Crippen molar-refractivity contribution in [3.63, 3.8) is 0 Å². The lowest BCUT2D eigenvalue weighted by atomic mass is 9.89. The number of nitrogens with zero attached hydrogens (tertiary/aromatic N) is 2. The average molecular weight is 274 g/mol. The summed E-state index contributed by atoms with van der Waals surface area (Å²) in [5, 5.41) is 10.1. The van der Waals surface area contributed by atoms with Crippen molar-refractivity contribution >= 4 is 11.6 Å². The van der Waals surface area contributed by atoms with Crippen molar-refractivity contribution in [2.45, 2.75) is 31.4 Å². The fourth-order valence-electron chi connectivity index (χ4n) is 2.60. The van der Waals surface area contributed by atoms with E-state index in [1.54, 1.807) is 12.4 Å². The van der Waals surface area contributed by atoms with Crippen LogP contribution >= 0.6 is 0 Å². The van der Waals surface area contributed by atoms with Gasteiger partial charge in [0.2, 0.25) is 0 Å². The minimum atomic E-state index is -0.304. The Morgan fingerprint density at radius 2 is 2.30 bits per heavy atom. The number of piperidine rings is 1. The summed E-state index contributed by atoms with van der Waals surface area (Å²) in [7, 11) is 0. The van der Waals surface area contributed by atoms with E-state index in [2.05, 4.69) is 20.8 Å². The molecule has 2 aliphatic rings. The standard InChI is InChI=1S/C14H18N4O2/c19-13(17-9-11-2-6-15-7-3-11)12-8-14(20-18-12)4-1-5-16-10-14/h2-3,6-7,16H,1,4-5,8-10H2,(H,17,19). The Morgan fingerprint density at radius 1 is 1.45 bits per heavy atom. The Morgan fingerprint density at radius 3 is 3.05 bits per heavy atom. The van der Waals surface area contributed by atoms with Crippen LogP contribution in [0.25, 0.3) is 0 Å². The van der Waals surface area contributed by atoms with Crippen molar-refractivity contribution in [2.75, 3.05) is 13.1 Å². The van der Waals surface area contributed by atoms with Crippen molar-refractivity contribution in [1.82, 2.24) is 15.6 Å². The minimum absolute atomic E-state index is 0.149. The molecule has 0 radical (unpaired) electrons. The molecule has 6 nitrogen and oxygen atoms in total. The third kappa shape index (κ3) is 2.80. The molecule has 3 rings (SSSR count). The van der Waals surface area contributed by atoms with E-state index in [1.807, 2.05) is 12.1 Å². The molecule has 0 aromatic carbocycles. The zero-order chi connectivity index (χ0) is 13.8. The average Bonchev–Trinajstić information content (AvgIpc) is 2.90. The Hall–Kier alpha value is -1.95. The van der Waals surface area contributed by atoms with E-state index in [-0.39, 0.29) is 11.5 Å². The first-order chi connectivity index (χ1) is 9.77. The van der Waals surface area contributed by atoms with Crippen LogP contribution in [0.3, 0.4) is 0 Å². The highest BCUT2D eigenvalue weighted by atomic mass is 16.7. The van der Waals surface area contributed by atoms with Crippen LogP contribution < -0.4 is 10.6 Å². The molecule has 0 aliphatic carbocycles. The highest BCUT2D eigenvalue weighted by molar-refractivity contribution is 6.39. The van der Waals surface area contributed by atoms with Crippen LogP contribution in [0.4, 0.5) is 0 Å². The number of pyridine rings is 1. The second kappa shape index (κ2) is 5.58. The van der Waals surface area contributed by atoms with E-state index in [4.69, 9.17) is 4.84 Å². The molecule has 2 N–H and O–H groups in total. The Kier molecular flexibility index (Phi) is 3.64. The first-order valence-corrected chi connectivity index (χ1v) is 6.90. The van der Waals surface area contributed by atoms with E-state index >= 15 is 0 Å². The van der Waals surface area contributed by atoms with E-state index in [0.29, 0.717) is 18.7 Å². The van der Waals surface area contributed by atoms with Gasteiger partial charge in [0.25, 0.3) is 5.91 Å². The summed E-state index contributed by atoms with van der Waals surface area (Å²) in [6, 6.07) is 3.75. The van der Waals surface area contributed by atoms with E-state index in [9.17, 15) is 4.79 Å². The number of hydrogen-bond acceptors (Lipinski definition) is 5. The van der Waals surface area contributed by atoms with Gasteiger partial charge in [-0.25, -0.2) is 0 Å². The van der Waals surface area contributed by atoms with Gasteiger partial charge in [0.05, 0.1) is 0 Å². The number of carbonyl (C=O) groups excluding carboxylic acids is 1. The largest absolute Gasteiger partial charge is 0.387 e. The number of amides is 1. The van der Waals surface area contributed by atoms with Crippen molar-refractivity contribution in [1.29, 1.82) is 0 Å². The zero-order valence-electron chi connectivity index (χ0n) is 11.3. The van der Waals surface area contributed by atoms with Gasteiger partial charge >= 0.3 is 0 Å². The van der Waals surface area contributed by atoms with Gasteiger partial charge in [0.1, 0.15) is 5.71 Å². The number of carbonyl (C=O) groups is 1. The van der Waals surface area contributed by atoms with Crippen LogP contribution in [-0.4, -0.2) is 35.3 Å². The molecule has 1 amide bonds. The summed E-state index contributed by atoms with van der Waals surface area (Å²) in [6.45, 7) is 2.25. The number of rotatable bonds is 3. The maximum atomic E-state index is 12.1. The monoisotopic (exact) mass is 274 g/mol. The molecule has 1 aromatic heterocycles. The molecule has 106 valence electrons. The summed E-state index contributed by atoms with van der Waals surface area (Å²) < 4.78 is 0. The Bertz CT molecular complexity index is 509. The molecule has 1 fully saturated rings. The van der Waals surface area contributed by atoms with Crippen LogP contribution in [0.1, 0.15) is 24.8 Å². The maximum Gasteiger partial charge on any atom is 0.269 e. The molecule has 6 heteroatoms. The molecule has 1 atom stereocenters. The molecule has 1 unspecified atom stereocenters. The van der Waals surface area contributed by atoms with Crippen LogP contribution in [0.2, 0.25) is 0 Å². The van der Waals surface area contributed by atoms with Crippen molar-refractivity contribution in [2.24, 2.45) is 5.16 Å². The number of aromatic nitrogens is 1. The number of hydrogen-bond donors (Lipinski definition) is 2. The van der Waals surface area contributed by atoms with Crippen LogP contribution in [0.5, 0.6) is 0 Å². The molecule has 1 saturated heterocycles. The quantitative estimate of drug-likeness (QED) is 0.846. The summed E-state index contributed by atoms with van der Waals surface area (Å²) >= 11 is 0. The lowest BCUT2D eigenvalue weighted by Gasteiger charge is -2.30. The summed E-state index contributed by atoms with van der Waals surface area (Å²) in [4.78, 5) is 21.6. The zero-order valence-corrected chi connectivity index (χ0v) is 11.3. The van der Waals surface area contributed by atoms with Gasteiger partial charge in [0, 0.05) is 31.9 Å². The fourth-order valence-corrected chi connectivity index (χ4v) is 2.60. The van der Waals surface area contributed by atoms with Crippen LogP contribution in [-0.2, 0) is 16.2 Å². The lowest BCUT2D eigenvalue weighted by molar-refractivity contribution is -0.115. The number of nitrogens with one attached hydrogen (secondary N) is 2. The highest BCUT2D eigenvalue weighted by Gasteiger charge is 2.42. The van der Waals surface area contributed by atoms with Gasteiger partial charge < -0.3 is 15.5 Å². The Labute approximate surface area is 117 Å². The molecule has 1 spiro atoms. The van der Waals surface area contributed by atoms with Crippen molar-refractivity contribution < 1.29 is 9.63 Å². The maximum absolute atomic E-state index is 12.1. The van der Waals surface area contributed by atoms with Gasteiger partial charge in [-0.3, -0.25) is 9.78 Å². The molecule has 0 saturated carbocycles. The third-order valence-corrected chi connectivity index (χ3v) is 3.74. The van der Waals surface area contributed by atoms with Crippen molar-refractivity contribution in [3.8, 4) is 0 Å². The number of oxime groups is 1. The second-order valence-corrected chi connectivity index (χ2v) is 5.31. The minimum Gasteiger partial charge on any atom is -0.387 e. The van der Waals surface area contributed by atoms with Crippen molar-refractivity contribution in [3.05, 3.63) is 30.1 Å². The molecule has 3 heterocycles. The lowest BCUT2D eigenvalue weighted by Crippen LogP contribution is -2.46. The molecule has 2 aliphatic heterocycles. The first kappa shape index (κ1) is 13.1. The third-order valence-electron chi connectivity index (χ3n) is 3.74. The highest BCUT2D eigenvalue weighted by Crippen LogP contribution is 2.30. The van der Waals surface area contributed by atoms with Gasteiger partial charge in [-0.2, -0.15) is 0 Å². The summed E-state index contributed by atoms with van der Waals surface area (Å²) in [5.74, 6) is -0.149. The van der Waals surface area contributed by atoms with E-state index in [0.717, 1.165) is 31.5 Å². The van der Waals surface area contributed by atoms with Crippen LogP contribution in [0, 0.1) is 0 Å². The molecule has 1 aromatic rings. The molecule has 0 bridgehead atoms. The van der Waals surface area contributed by atoms with Gasteiger partial charge in [0.15, 0.2) is 5.60 Å². The molecule has 20 heavy (non-hydrogen) atoms. The van der Waals surface area contributed by atoms with E-state index in [1.165, 1.54) is 0 Å². The van der Waals surface area contributed by atoms with Crippen LogP contribution in [0.15, 0.2) is 29.7 Å². The summed E-state index contributed by atoms with van der Waals surface area (Å²) in [5.41, 5.74) is 1.20. The summed E-state index contributed by atoms with van der Waals surface area (Å²) in [6.07, 6.45) is 6.01. The van der Waals surface area contributed by atoms with E-state index < -0.39 is 0 Å². The molecular formula is C14H18N4O2. The molecular weight excluding hydrogens is 256 g/mol. The normalized spacial score (nSPS) is 25.1.